The van der Waals surface area contributed by atoms with Crippen LogP contribution in [-0.2, 0) is 0 Å². The molecule has 19 heavy (non-hydrogen) atoms. The van der Waals surface area contributed by atoms with Gasteiger partial charge in [0.05, 0.1) is 17.1 Å². The second-order valence-electron chi connectivity index (χ2n) is 3.82. The van der Waals surface area contributed by atoms with Crippen LogP contribution < -0.4 is 11.1 Å². The predicted molar refractivity (Wildman–Crippen MR) is 72.0 cm³/mol. The fourth-order valence-electron chi connectivity index (χ4n) is 1.42. The van der Waals surface area contributed by atoms with Gasteiger partial charge >= 0.3 is 6.03 Å². The Morgan fingerprint density at radius 3 is 2.58 bits per heavy atom. The van der Waals surface area contributed by atoms with Crippen LogP contribution in [0.25, 0.3) is 0 Å². The normalized spacial score (nSPS) is 16.4. The number of urea groups is 1. The molecule has 0 aromatic heterocycles. The third kappa shape index (κ3) is 3.35. The lowest BCUT2D eigenvalue weighted by molar-refractivity contribution is 0.259. The third-order valence-corrected chi connectivity index (χ3v) is 2.36. The number of nitrogens with two attached hydrogens (primary N) is 1. The highest BCUT2D eigenvalue weighted by Crippen LogP contribution is 2.09. The van der Waals surface area contributed by atoms with Gasteiger partial charge in [0.15, 0.2) is 0 Å². The van der Waals surface area contributed by atoms with Crippen LogP contribution in [0.5, 0.6) is 0 Å². The number of halogens is 1. The van der Waals surface area contributed by atoms with Crippen molar-refractivity contribution in [3.8, 4) is 0 Å². The average Bonchev–Trinajstić information content (AvgIpc) is 2.37. The van der Waals surface area contributed by atoms with E-state index in [4.69, 9.17) is 11.1 Å². The molecule has 1 aromatic rings. The zero-order valence-corrected chi connectivity index (χ0v) is 9.85. The SMILES string of the molecule is N=C1C=C/C(=N\C(=O)Nc2ccc(F)cc2)C=C1N. The molecule has 4 N–H and O–H groups in total. The Labute approximate surface area is 108 Å². The first kappa shape index (κ1) is 12.7. The number of nitrogens with one attached hydrogen (secondary N) is 2. The molecule has 2 amide bonds. The number of hydrogen-bond acceptors (Lipinski definition) is 3. The Hall–Kier alpha value is -2.76. The average molecular weight is 258 g/mol. The number of amides is 2. The lowest BCUT2D eigenvalue weighted by atomic mass is 10.1. The topological polar surface area (TPSA) is 91.3 Å². The fourth-order valence-corrected chi connectivity index (χ4v) is 1.42. The predicted octanol–water partition coefficient (Wildman–Crippen LogP) is 2.23. The van der Waals surface area contributed by atoms with E-state index in [0.717, 1.165) is 0 Å². The molecule has 0 heterocycles. The minimum Gasteiger partial charge on any atom is -0.397 e. The van der Waals surface area contributed by atoms with E-state index in [1.165, 1.54) is 42.5 Å². The van der Waals surface area contributed by atoms with E-state index in [1.807, 2.05) is 0 Å². The summed E-state index contributed by atoms with van der Waals surface area (Å²) in [5.41, 5.74) is 6.77. The second-order valence-corrected chi connectivity index (χ2v) is 3.82. The molecule has 0 spiro atoms. The second kappa shape index (κ2) is 5.26. The first-order chi connectivity index (χ1) is 9.04. The molecule has 0 fully saturated rings. The molecule has 6 heteroatoms. The quantitative estimate of drug-likeness (QED) is 0.674. The number of rotatable bonds is 1. The Bertz CT molecular complexity index is 614. The summed E-state index contributed by atoms with van der Waals surface area (Å²) < 4.78 is 12.7. The van der Waals surface area contributed by atoms with Crippen molar-refractivity contribution in [1.29, 1.82) is 5.41 Å². The van der Waals surface area contributed by atoms with E-state index in [9.17, 15) is 9.18 Å². The van der Waals surface area contributed by atoms with E-state index < -0.39 is 6.03 Å². The largest absolute Gasteiger partial charge is 0.397 e. The molecule has 0 saturated carbocycles. The summed E-state index contributed by atoms with van der Waals surface area (Å²) in [7, 11) is 0. The van der Waals surface area contributed by atoms with Crippen molar-refractivity contribution in [3.63, 3.8) is 0 Å². The Morgan fingerprint density at radius 1 is 1.26 bits per heavy atom. The van der Waals surface area contributed by atoms with Crippen LogP contribution in [0.4, 0.5) is 14.9 Å². The third-order valence-electron chi connectivity index (χ3n) is 2.36. The minimum absolute atomic E-state index is 0.179. The maximum Gasteiger partial charge on any atom is 0.345 e. The summed E-state index contributed by atoms with van der Waals surface area (Å²) in [4.78, 5) is 15.4. The van der Waals surface area contributed by atoms with Crippen molar-refractivity contribution < 1.29 is 9.18 Å². The summed E-state index contributed by atoms with van der Waals surface area (Å²) in [5, 5.41) is 9.89. The number of carbonyl (C=O) groups excluding carboxylic acids is 1. The Kier molecular flexibility index (Phi) is 3.51. The van der Waals surface area contributed by atoms with E-state index in [-0.39, 0.29) is 17.2 Å². The number of anilines is 1. The Morgan fingerprint density at radius 2 is 1.95 bits per heavy atom. The molecular weight excluding hydrogens is 247 g/mol. The van der Waals surface area contributed by atoms with E-state index in [2.05, 4.69) is 10.3 Å². The summed E-state index contributed by atoms with van der Waals surface area (Å²) in [6.07, 6.45) is 4.41. The van der Waals surface area contributed by atoms with Gasteiger partial charge in [0, 0.05) is 5.69 Å². The standard InChI is InChI=1S/C13H11FN4O/c14-8-1-3-9(4-2-8)17-13(19)18-10-5-6-11(15)12(16)7-10/h1-7,15H,16H2,(H,17,19)/b15-11?,18-10+. The van der Waals surface area contributed by atoms with Gasteiger partial charge in [0.25, 0.3) is 0 Å². The summed E-state index contributed by atoms with van der Waals surface area (Å²) in [6, 6.07) is 4.75. The van der Waals surface area contributed by atoms with E-state index >= 15 is 0 Å². The first-order valence-electron chi connectivity index (χ1n) is 5.44. The van der Waals surface area contributed by atoms with Crippen LogP contribution in [0.15, 0.2) is 53.2 Å². The molecule has 1 aliphatic carbocycles. The van der Waals surface area contributed by atoms with Crippen LogP contribution >= 0.6 is 0 Å². The molecule has 96 valence electrons. The van der Waals surface area contributed by atoms with Crippen LogP contribution in [-0.4, -0.2) is 17.5 Å². The Balaban J connectivity index is 2.07. The van der Waals surface area contributed by atoms with Crippen LogP contribution in [0.3, 0.4) is 0 Å². The number of allylic oxidation sites excluding steroid dienone is 3. The zero-order valence-electron chi connectivity index (χ0n) is 9.85. The molecular formula is C13H11FN4O. The highest BCUT2D eigenvalue weighted by atomic mass is 19.1. The van der Waals surface area contributed by atoms with Crippen molar-refractivity contribution >= 4 is 23.1 Å². The maximum atomic E-state index is 12.7. The van der Waals surface area contributed by atoms with Gasteiger partial charge in [-0.25, -0.2) is 9.18 Å². The smallest absolute Gasteiger partial charge is 0.345 e. The van der Waals surface area contributed by atoms with Gasteiger partial charge in [0.1, 0.15) is 5.82 Å². The maximum absolute atomic E-state index is 12.7. The molecule has 0 atom stereocenters. The van der Waals surface area contributed by atoms with Crippen molar-refractivity contribution in [3.05, 3.63) is 54.0 Å². The summed E-state index contributed by atoms with van der Waals surface area (Å²) in [5.74, 6) is -0.381. The fraction of sp³-hybridized carbons (Fsp3) is 0. The van der Waals surface area contributed by atoms with Crippen molar-refractivity contribution in [1.82, 2.24) is 0 Å². The molecule has 0 aliphatic heterocycles. The number of benzene rings is 1. The summed E-state index contributed by atoms with van der Waals surface area (Å²) >= 11 is 0. The van der Waals surface area contributed by atoms with Gasteiger partial charge in [-0.15, -0.1) is 0 Å². The number of hydrogen-bond donors (Lipinski definition) is 3. The molecule has 1 aromatic carbocycles. The summed E-state index contributed by atoms with van der Waals surface area (Å²) in [6.45, 7) is 0. The highest BCUT2D eigenvalue weighted by Gasteiger charge is 2.07. The van der Waals surface area contributed by atoms with Crippen LogP contribution in [0, 0.1) is 11.2 Å². The lowest BCUT2D eigenvalue weighted by Crippen LogP contribution is -2.16. The number of aliphatic imine (C=N–C) groups is 1. The minimum atomic E-state index is -0.594. The molecule has 0 bridgehead atoms. The van der Waals surface area contributed by atoms with Crippen molar-refractivity contribution in [2.75, 3.05) is 5.32 Å². The van der Waals surface area contributed by atoms with Gasteiger partial charge in [-0.3, -0.25) is 5.41 Å². The molecule has 5 nitrogen and oxygen atoms in total. The molecule has 2 rings (SSSR count). The van der Waals surface area contributed by atoms with Crippen LogP contribution in [0.2, 0.25) is 0 Å². The van der Waals surface area contributed by atoms with Gasteiger partial charge in [0.2, 0.25) is 0 Å². The number of nitrogens with zero attached hydrogens (tertiary/aromatic N) is 1. The van der Waals surface area contributed by atoms with E-state index in [0.29, 0.717) is 11.4 Å². The molecule has 0 unspecified atom stereocenters. The van der Waals surface area contributed by atoms with Gasteiger partial charge in [-0.05, 0) is 42.5 Å². The molecule has 0 saturated heterocycles. The highest BCUT2D eigenvalue weighted by molar-refractivity contribution is 6.22. The number of carbonyl (C=O) groups is 1. The first-order valence-corrected chi connectivity index (χ1v) is 5.44. The van der Waals surface area contributed by atoms with E-state index in [1.54, 1.807) is 0 Å². The van der Waals surface area contributed by atoms with Crippen LogP contribution in [0.1, 0.15) is 0 Å². The van der Waals surface area contributed by atoms with Gasteiger partial charge in [-0.1, -0.05) is 0 Å². The molecule has 1 aliphatic rings. The van der Waals surface area contributed by atoms with Gasteiger partial charge < -0.3 is 11.1 Å². The van der Waals surface area contributed by atoms with Crippen molar-refractivity contribution in [2.24, 2.45) is 10.7 Å². The monoisotopic (exact) mass is 258 g/mol. The zero-order chi connectivity index (χ0) is 13.8. The van der Waals surface area contributed by atoms with Crippen molar-refractivity contribution in [2.45, 2.75) is 0 Å². The molecule has 0 radical (unpaired) electrons. The lowest BCUT2D eigenvalue weighted by Gasteiger charge is -2.06. The van der Waals surface area contributed by atoms with Gasteiger partial charge in [-0.2, -0.15) is 4.99 Å².